The second-order valence-electron chi connectivity index (χ2n) is 4.06. The van der Waals surface area contributed by atoms with Gasteiger partial charge >= 0.3 is 0 Å². The maximum absolute atomic E-state index is 12.3. The third-order valence-corrected chi connectivity index (χ3v) is 7.56. The quantitative estimate of drug-likeness (QED) is 0.776. The van der Waals surface area contributed by atoms with Gasteiger partial charge in [-0.3, -0.25) is 4.72 Å². The Labute approximate surface area is 133 Å². The summed E-state index contributed by atoms with van der Waals surface area (Å²) in [5, 5.41) is 0. The molecule has 0 spiro atoms. The summed E-state index contributed by atoms with van der Waals surface area (Å²) in [7, 11) is -3.55. The minimum atomic E-state index is -3.55. The van der Waals surface area contributed by atoms with Crippen LogP contribution in [0.3, 0.4) is 0 Å². The topological polar surface area (TPSA) is 46.2 Å². The van der Waals surface area contributed by atoms with Gasteiger partial charge in [-0.15, -0.1) is 11.3 Å². The molecular weight excluding hydrogens is 414 g/mol. The zero-order valence-corrected chi connectivity index (χ0v) is 15.0. The molecule has 0 aliphatic carbocycles. The molecule has 0 amide bonds. The first-order valence-corrected chi connectivity index (χ1v) is 9.23. The van der Waals surface area contributed by atoms with Gasteiger partial charge in [-0.2, -0.15) is 0 Å². The van der Waals surface area contributed by atoms with E-state index in [0.717, 1.165) is 19.4 Å². The lowest BCUT2D eigenvalue weighted by Crippen LogP contribution is -2.12. The van der Waals surface area contributed by atoms with Crippen LogP contribution in [-0.2, 0) is 10.0 Å². The van der Waals surface area contributed by atoms with Gasteiger partial charge in [-0.1, -0.05) is 12.1 Å². The van der Waals surface area contributed by atoms with E-state index in [1.165, 1.54) is 11.3 Å². The molecule has 2 rings (SSSR count). The fraction of sp³-hybridized carbons (Fsp3) is 0.167. The lowest BCUT2D eigenvalue weighted by atomic mass is 10.2. The fourth-order valence-electron chi connectivity index (χ4n) is 1.49. The summed E-state index contributed by atoms with van der Waals surface area (Å²) in [4.78, 5) is 0. The third-order valence-electron chi connectivity index (χ3n) is 2.54. The van der Waals surface area contributed by atoms with E-state index in [1.807, 2.05) is 26.0 Å². The van der Waals surface area contributed by atoms with Gasteiger partial charge in [0.05, 0.1) is 9.47 Å². The monoisotopic (exact) mass is 423 g/mol. The first kappa shape index (κ1) is 15.0. The van der Waals surface area contributed by atoms with Gasteiger partial charge in [-0.25, -0.2) is 8.42 Å². The zero-order valence-electron chi connectivity index (χ0n) is 10.2. The molecule has 2 aromatic rings. The van der Waals surface area contributed by atoms with Crippen molar-refractivity contribution in [1.82, 2.24) is 0 Å². The molecule has 1 aromatic carbocycles. The van der Waals surface area contributed by atoms with E-state index in [-0.39, 0.29) is 0 Å². The van der Waals surface area contributed by atoms with Crippen LogP contribution in [0.4, 0.5) is 5.69 Å². The first-order chi connectivity index (χ1) is 8.81. The highest BCUT2D eigenvalue weighted by Crippen LogP contribution is 2.33. The van der Waals surface area contributed by atoms with Crippen molar-refractivity contribution in [2.75, 3.05) is 4.72 Å². The van der Waals surface area contributed by atoms with Crippen molar-refractivity contribution in [3.8, 4) is 0 Å². The Bertz CT molecular complexity index is 704. The average Bonchev–Trinajstić information content (AvgIpc) is 2.66. The Balaban J connectivity index is 2.39. The number of benzene rings is 1. The third kappa shape index (κ3) is 3.21. The Morgan fingerprint density at radius 1 is 1.16 bits per heavy atom. The van der Waals surface area contributed by atoms with Crippen molar-refractivity contribution in [3.05, 3.63) is 43.7 Å². The molecule has 102 valence electrons. The fourth-order valence-corrected chi connectivity index (χ4v) is 5.28. The highest BCUT2D eigenvalue weighted by molar-refractivity contribution is 9.11. The Hall–Kier alpha value is -0.370. The van der Waals surface area contributed by atoms with Crippen molar-refractivity contribution in [2.24, 2.45) is 0 Å². The summed E-state index contributed by atoms with van der Waals surface area (Å²) in [6, 6.07) is 7.10. The lowest BCUT2D eigenvalue weighted by molar-refractivity contribution is 0.603. The van der Waals surface area contributed by atoms with E-state index in [4.69, 9.17) is 0 Å². The van der Waals surface area contributed by atoms with Crippen LogP contribution in [0.25, 0.3) is 0 Å². The molecule has 0 saturated heterocycles. The van der Waals surface area contributed by atoms with Crippen LogP contribution in [0.15, 0.2) is 36.7 Å². The standard InChI is InChI=1S/C12H11Br2NO2S2/c1-7-4-3-5-9(11(7)13)15-19(16,17)10-6-8(2)12(14)18-10/h3-6,15H,1-2H3. The van der Waals surface area contributed by atoms with Gasteiger partial charge in [0, 0.05) is 4.47 Å². The number of nitrogens with one attached hydrogen (secondary N) is 1. The Morgan fingerprint density at radius 3 is 2.42 bits per heavy atom. The second-order valence-corrected chi connectivity index (χ2v) is 9.14. The van der Waals surface area contributed by atoms with Gasteiger partial charge in [0.2, 0.25) is 0 Å². The summed E-state index contributed by atoms with van der Waals surface area (Å²) in [6.07, 6.45) is 0. The molecule has 0 radical (unpaired) electrons. The number of hydrogen-bond acceptors (Lipinski definition) is 3. The predicted molar refractivity (Wildman–Crippen MR) is 86.4 cm³/mol. The number of hydrogen-bond donors (Lipinski definition) is 1. The SMILES string of the molecule is Cc1cc(S(=O)(=O)Nc2cccc(C)c2Br)sc1Br. The van der Waals surface area contributed by atoms with Crippen LogP contribution < -0.4 is 4.72 Å². The molecule has 0 unspecified atom stereocenters. The molecule has 3 nitrogen and oxygen atoms in total. The van der Waals surface area contributed by atoms with E-state index in [2.05, 4.69) is 36.6 Å². The summed E-state index contributed by atoms with van der Waals surface area (Å²) in [6.45, 7) is 3.77. The van der Waals surface area contributed by atoms with Gasteiger partial charge < -0.3 is 0 Å². The lowest BCUT2D eigenvalue weighted by Gasteiger charge is -2.09. The highest BCUT2D eigenvalue weighted by Gasteiger charge is 2.19. The number of thiophene rings is 1. The summed E-state index contributed by atoms with van der Waals surface area (Å²) >= 11 is 7.93. The number of anilines is 1. The largest absolute Gasteiger partial charge is 0.278 e. The normalized spacial score (nSPS) is 11.6. The van der Waals surface area contributed by atoms with Crippen molar-refractivity contribution < 1.29 is 8.42 Å². The number of aryl methyl sites for hydroxylation is 2. The first-order valence-electron chi connectivity index (χ1n) is 5.35. The molecular formula is C12H11Br2NO2S2. The van der Waals surface area contributed by atoms with Gasteiger partial charge in [0.25, 0.3) is 10.0 Å². The smallest absolute Gasteiger partial charge is 0.271 e. The van der Waals surface area contributed by atoms with Crippen molar-refractivity contribution in [2.45, 2.75) is 18.1 Å². The second kappa shape index (κ2) is 5.55. The van der Waals surface area contributed by atoms with Crippen LogP contribution in [0, 0.1) is 13.8 Å². The molecule has 1 aromatic heterocycles. The van der Waals surface area contributed by atoms with Gasteiger partial charge in [0.1, 0.15) is 4.21 Å². The summed E-state index contributed by atoms with van der Waals surface area (Å²) in [5.41, 5.74) is 2.43. The van der Waals surface area contributed by atoms with Crippen molar-refractivity contribution >= 4 is 58.9 Å². The predicted octanol–water partition coefficient (Wildman–Crippen LogP) is 4.69. The molecule has 0 aliphatic rings. The van der Waals surface area contributed by atoms with Gasteiger partial charge in [0.15, 0.2) is 0 Å². The van der Waals surface area contributed by atoms with Crippen LogP contribution >= 0.6 is 43.2 Å². The number of rotatable bonds is 3. The molecule has 0 bridgehead atoms. The van der Waals surface area contributed by atoms with E-state index in [9.17, 15) is 8.42 Å². The molecule has 1 N–H and O–H groups in total. The van der Waals surface area contributed by atoms with Crippen molar-refractivity contribution in [1.29, 1.82) is 0 Å². The molecule has 0 saturated carbocycles. The van der Waals surface area contributed by atoms with Gasteiger partial charge in [-0.05, 0) is 69.0 Å². The maximum atomic E-state index is 12.3. The molecule has 7 heteroatoms. The molecule has 0 aliphatic heterocycles. The number of halogens is 2. The minimum absolute atomic E-state index is 0.297. The molecule has 1 heterocycles. The van der Waals surface area contributed by atoms with Crippen LogP contribution in [0.2, 0.25) is 0 Å². The maximum Gasteiger partial charge on any atom is 0.271 e. The molecule has 0 fully saturated rings. The molecule has 0 atom stereocenters. The van der Waals surface area contributed by atoms with E-state index < -0.39 is 10.0 Å². The number of sulfonamides is 1. The highest BCUT2D eigenvalue weighted by atomic mass is 79.9. The molecule has 19 heavy (non-hydrogen) atoms. The average molecular weight is 425 g/mol. The van der Waals surface area contributed by atoms with E-state index in [0.29, 0.717) is 9.90 Å². The van der Waals surface area contributed by atoms with Crippen LogP contribution in [0.5, 0.6) is 0 Å². The van der Waals surface area contributed by atoms with Crippen molar-refractivity contribution in [3.63, 3.8) is 0 Å². The van der Waals surface area contributed by atoms with E-state index in [1.54, 1.807) is 12.1 Å². The summed E-state index contributed by atoms with van der Waals surface area (Å²) < 4.78 is 29.1. The van der Waals surface area contributed by atoms with Crippen LogP contribution in [-0.4, -0.2) is 8.42 Å². The Kier molecular flexibility index (Phi) is 4.39. The zero-order chi connectivity index (χ0) is 14.2. The summed E-state index contributed by atoms with van der Waals surface area (Å²) in [5.74, 6) is 0. The van der Waals surface area contributed by atoms with Crippen LogP contribution in [0.1, 0.15) is 11.1 Å². The van der Waals surface area contributed by atoms with E-state index >= 15 is 0 Å². The minimum Gasteiger partial charge on any atom is -0.278 e. The Morgan fingerprint density at radius 2 is 1.84 bits per heavy atom.